The normalized spacial score (nSPS) is 36.9. The lowest BCUT2D eigenvalue weighted by atomic mass is 9.77. The standard InChI is InChI=1S/C58H93FN4O18/c1-15-44-58(10,72)50(67)35(6)62(13)29-31(2)27-56(8,71)51(81-55-48(66)43(61(11)12)24-32(3)76-55)33(4)49(34(5)54(70)78-44)80-46-28-57(9,73-14)52(36(7)77-46)79-45(64)18-20-74-22-23-75-21-19-60-41-26-42-38(25-40(41)59)47(65)39(53(68)69)30-63(42)37-16-17-37/h25-26,30-37,43-44,46,48-52,55,60,66-67,71-72H,15-24,27-29H2,1-14H3,(H,68,69)/t31-,32-,33+,34-,35-,36+,43+,44-,46-,48-,49+,50-,51-,52+,55?,56-,57-,58-/m1/s1. The molecule has 0 spiro atoms. The van der Waals surface area contributed by atoms with Gasteiger partial charge in [0.25, 0.3) is 0 Å². The van der Waals surface area contributed by atoms with E-state index in [4.69, 9.17) is 42.6 Å². The molecule has 0 bridgehead atoms. The number of hydrogen-bond donors (Lipinski definition) is 6. The Morgan fingerprint density at radius 3 is 2.21 bits per heavy atom. The number of hydrogen-bond acceptors (Lipinski definition) is 20. The number of rotatable bonds is 20. The number of anilines is 1. The number of aromatic carboxylic acids is 1. The SMILES string of the molecule is CC[C@H]1OC(=O)[C@H](C)[C@@H](O[C@@H]2C[C@@](C)(OC)[C@@H](OC(=O)CCOCCOCCNc3cc4c(cc3F)c(=O)c(C(=O)O)cn4C3CC3)[C@H](C)O2)[C@H](C)[C@@H](OC2O[C@H](C)C[C@H](N(C)C)[C@H]2O)[C@](C)(O)C[C@@H](C)CN(C)[C@H](C)[C@@H](O)[C@]1(C)O. The van der Waals surface area contributed by atoms with Gasteiger partial charge in [-0.25, -0.2) is 9.18 Å². The molecule has 23 heteroatoms. The molecule has 3 aliphatic heterocycles. The first-order valence-corrected chi connectivity index (χ1v) is 28.7. The smallest absolute Gasteiger partial charge is 0.341 e. The second kappa shape index (κ2) is 27.8. The third-order valence-electron chi connectivity index (χ3n) is 17.1. The Morgan fingerprint density at radius 2 is 1.59 bits per heavy atom. The van der Waals surface area contributed by atoms with Crippen molar-refractivity contribution < 1.29 is 86.9 Å². The van der Waals surface area contributed by atoms with E-state index in [1.165, 1.54) is 26.3 Å². The summed E-state index contributed by atoms with van der Waals surface area (Å²) >= 11 is 0. The van der Waals surface area contributed by atoms with Crippen molar-refractivity contribution in [1.29, 1.82) is 0 Å². The number of carbonyl (C=O) groups is 3. The topological polar surface area (TPSA) is 276 Å². The molecule has 22 nitrogen and oxygen atoms in total. The molecule has 0 radical (unpaired) electrons. The summed E-state index contributed by atoms with van der Waals surface area (Å²) in [7, 11) is 7.03. The van der Waals surface area contributed by atoms with Gasteiger partial charge in [-0.1, -0.05) is 20.8 Å². The van der Waals surface area contributed by atoms with Crippen LogP contribution in [0.3, 0.4) is 0 Å². The van der Waals surface area contributed by atoms with Crippen LogP contribution in [0.25, 0.3) is 10.9 Å². The Bertz CT molecular complexity index is 2490. The highest BCUT2D eigenvalue weighted by molar-refractivity contribution is 5.93. The van der Waals surface area contributed by atoms with Crippen LogP contribution in [0.15, 0.2) is 23.1 Å². The summed E-state index contributed by atoms with van der Waals surface area (Å²) in [6.07, 6.45) is -6.49. The number of halogens is 1. The first-order chi connectivity index (χ1) is 38.0. The van der Waals surface area contributed by atoms with E-state index in [1.54, 1.807) is 53.0 Å². The van der Waals surface area contributed by atoms with Gasteiger partial charge < -0.3 is 87.8 Å². The van der Waals surface area contributed by atoms with Gasteiger partial charge in [0.2, 0.25) is 5.43 Å². The lowest BCUT2D eigenvalue weighted by Crippen LogP contribution is -2.61. The lowest BCUT2D eigenvalue weighted by Gasteiger charge is -2.49. The molecule has 1 aliphatic carbocycles. The van der Waals surface area contributed by atoms with E-state index in [0.29, 0.717) is 18.5 Å². The van der Waals surface area contributed by atoms with Crippen molar-refractivity contribution >= 4 is 34.5 Å². The second-order valence-corrected chi connectivity index (χ2v) is 24.2. The third-order valence-corrected chi connectivity index (χ3v) is 17.1. The van der Waals surface area contributed by atoms with Crippen LogP contribution in [0.4, 0.5) is 10.1 Å². The number of aliphatic hydroxyl groups excluding tert-OH is 2. The van der Waals surface area contributed by atoms with Crippen LogP contribution in [0.1, 0.15) is 131 Å². The molecule has 460 valence electrons. The molecule has 18 atom stereocenters. The molecule has 3 saturated heterocycles. The Morgan fingerprint density at radius 1 is 0.926 bits per heavy atom. The first-order valence-electron chi connectivity index (χ1n) is 28.7. The van der Waals surface area contributed by atoms with Gasteiger partial charge >= 0.3 is 17.9 Å². The fraction of sp³-hybridized carbons (Fsp3) is 0.793. The Labute approximate surface area is 475 Å². The van der Waals surface area contributed by atoms with E-state index >= 15 is 4.39 Å². The largest absolute Gasteiger partial charge is 0.477 e. The van der Waals surface area contributed by atoms with Crippen LogP contribution in [0, 0.1) is 23.6 Å². The predicted molar refractivity (Wildman–Crippen MR) is 296 cm³/mol. The number of nitrogens with zero attached hydrogens (tertiary/aromatic N) is 3. The fourth-order valence-electron chi connectivity index (χ4n) is 12.2. The molecule has 4 aliphatic rings. The zero-order valence-corrected chi connectivity index (χ0v) is 49.9. The number of aliphatic hydroxyl groups is 4. The minimum atomic E-state index is -1.88. The molecule has 6 N–H and O–H groups in total. The molecular weight excluding hydrogens is 1060 g/mol. The quantitative estimate of drug-likeness (QED) is 0.0788. The maximum Gasteiger partial charge on any atom is 0.341 e. The molecule has 1 unspecified atom stereocenters. The van der Waals surface area contributed by atoms with E-state index in [-0.39, 0.29) is 93.8 Å². The number of likely N-dealkylation sites (N-methyl/N-ethyl adjacent to an activating group) is 2. The number of aromatic nitrogens is 1. The van der Waals surface area contributed by atoms with Crippen LogP contribution in [0.5, 0.6) is 0 Å². The lowest BCUT2D eigenvalue weighted by molar-refractivity contribution is -0.318. The zero-order chi connectivity index (χ0) is 60.1. The van der Waals surface area contributed by atoms with Crippen LogP contribution < -0.4 is 10.7 Å². The van der Waals surface area contributed by atoms with Gasteiger partial charge in [0.1, 0.15) is 40.9 Å². The van der Waals surface area contributed by atoms with Crippen LogP contribution >= 0.6 is 0 Å². The Kier molecular flexibility index (Phi) is 22.7. The maximum atomic E-state index is 15.1. The number of pyridine rings is 1. The third kappa shape index (κ3) is 15.9. The number of benzene rings is 1. The van der Waals surface area contributed by atoms with Crippen molar-refractivity contribution in [2.75, 3.05) is 73.1 Å². The number of esters is 2. The average Bonchev–Trinajstić information content (AvgIpc) is 4.28. The van der Waals surface area contributed by atoms with Gasteiger partial charge in [0, 0.05) is 62.2 Å². The molecule has 1 aromatic carbocycles. The van der Waals surface area contributed by atoms with Gasteiger partial charge in [-0.15, -0.1) is 0 Å². The minimum Gasteiger partial charge on any atom is -0.477 e. The zero-order valence-electron chi connectivity index (χ0n) is 49.9. The number of carboxylic acids is 1. The number of nitrogens with one attached hydrogen (secondary N) is 1. The molecule has 2 aromatic rings. The maximum absolute atomic E-state index is 15.1. The van der Waals surface area contributed by atoms with Crippen molar-refractivity contribution in [2.24, 2.45) is 17.8 Å². The minimum absolute atomic E-state index is 0.000935. The highest BCUT2D eigenvalue weighted by atomic mass is 19.1. The second-order valence-electron chi connectivity index (χ2n) is 24.2. The molecule has 0 amide bonds. The van der Waals surface area contributed by atoms with Gasteiger partial charge in [-0.3, -0.25) is 14.4 Å². The van der Waals surface area contributed by atoms with E-state index in [2.05, 4.69) is 5.32 Å². The van der Waals surface area contributed by atoms with Crippen molar-refractivity contribution in [3.05, 3.63) is 39.9 Å². The number of carboxylic acid groups (broad SMARTS) is 1. The Hall–Kier alpha value is -3.95. The van der Waals surface area contributed by atoms with Gasteiger partial charge in [0.05, 0.1) is 80.0 Å². The molecule has 4 fully saturated rings. The average molecular weight is 1150 g/mol. The summed E-state index contributed by atoms with van der Waals surface area (Å²) < 4.78 is 72.9. The van der Waals surface area contributed by atoms with Gasteiger partial charge in [-0.2, -0.15) is 0 Å². The predicted octanol–water partition coefficient (Wildman–Crippen LogP) is 4.47. The molecule has 81 heavy (non-hydrogen) atoms. The van der Waals surface area contributed by atoms with Crippen molar-refractivity contribution in [3.8, 4) is 0 Å². The van der Waals surface area contributed by atoms with Crippen LogP contribution in [-0.4, -0.2) is 216 Å². The fourth-order valence-corrected chi connectivity index (χ4v) is 12.2. The highest BCUT2D eigenvalue weighted by Gasteiger charge is 2.54. The van der Waals surface area contributed by atoms with Crippen molar-refractivity contribution in [3.63, 3.8) is 0 Å². The van der Waals surface area contributed by atoms with Crippen molar-refractivity contribution in [1.82, 2.24) is 14.4 Å². The summed E-state index contributed by atoms with van der Waals surface area (Å²) in [5, 5.41) is 60.6. The van der Waals surface area contributed by atoms with E-state index in [9.17, 15) is 44.7 Å². The first kappa shape index (κ1) is 66.2. The van der Waals surface area contributed by atoms with Crippen molar-refractivity contribution in [2.45, 2.75) is 211 Å². The number of carbonyl (C=O) groups excluding carboxylic acids is 2. The molecule has 1 aromatic heterocycles. The van der Waals surface area contributed by atoms with E-state index in [1.807, 2.05) is 44.8 Å². The highest BCUT2D eigenvalue weighted by Crippen LogP contribution is 2.42. The summed E-state index contributed by atoms with van der Waals surface area (Å²) in [6, 6.07) is 1.67. The number of fused-ring (bicyclic) bond motifs is 1. The van der Waals surface area contributed by atoms with Crippen LogP contribution in [0.2, 0.25) is 0 Å². The number of ether oxygens (including phenoxy) is 9. The Balaban J connectivity index is 1.10. The summed E-state index contributed by atoms with van der Waals surface area (Å²) in [6.45, 7) is 18.5. The number of methoxy groups -OCH3 is 1. The summed E-state index contributed by atoms with van der Waals surface area (Å²) in [5.41, 5.74) is -5.28. The molecule has 4 heterocycles. The van der Waals surface area contributed by atoms with Crippen LogP contribution in [-0.2, 0) is 52.2 Å². The van der Waals surface area contributed by atoms with Gasteiger partial charge in [-0.05, 0) is 120 Å². The monoisotopic (exact) mass is 1150 g/mol. The summed E-state index contributed by atoms with van der Waals surface area (Å²) in [4.78, 5) is 56.3. The van der Waals surface area contributed by atoms with E-state index in [0.717, 1.165) is 18.9 Å². The van der Waals surface area contributed by atoms with Gasteiger partial charge in [0.15, 0.2) is 18.7 Å². The number of cyclic esters (lactones) is 1. The molecule has 1 saturated carbocycles. The van der Waals surface area contributed by atoms with E-state index < -0.39 is 125 Å². The summed E-state index contributed by atoms with van der Waals surface area (Å²) in [5.74, 6) is -5.58. The molecular formula is C58H93FN4O18. The molecule has 6 rings (SSSR count).